The third-order valence-electron chi connectivity index (χ3n) is 2.67. The first-order chi connectivity index (χ1) is 8.66. The molecule has 1 rings (SSSR count). The molecule has 2 N–H and O–H groups in total. The summed E-state index contributed by atoms with van der Waals surface area (Å²) in [6.45, 7) is 4.19. The first kappa shape index (κ1) is 15.1. The zero-order valence-electron chi connectivity index (χ0n) is 11.1. The van der Waals surface area contributed by atoms with Gasteiger partial charge in [-0.25, -0.2) is 9.78 Å². The molecule has 0 bridgehead atoms. The van der Waals surface area contributed by atoms with E-state index >= 15 is 0 Å². The summed E-state index contributed by atoms with van der Waals surface area (Å²) in [5.41, 5.74) is -1.24. The third-order valence-corrected chi connectivity index (χ3v) is 3.43. The second-order valence-corrected chi connectivity index (χ2v) is 5.31. The molecule has 0 aliphatic rings. The molecule has 1 heterocycles. The number of carbonyl (C=O) groups is 3. The number of carboxylic acid groups (broad SMARTS) is 1. The van der Waals surface area contributed by atoms with E-state index in [1.54, 1.807) is 0 Å². The summed E-state index contributed by atoms with van der Waals surface area (Å²) in [6.07, 6.45) is 0. The highest BCUT2D eigenvalue weighted by Crippen LogP contribution is 2.20. The summed E-state index contributed by atoms with van der Waals surface area (Å²) >= 11 is 1.10. The molecule has 0 aromatic carbocycles. The Morgan fingerprint density at radius 2 is 2.00 bits per heavy atom. The van der Waals surface area contributed by atoms with Crippen molar-refractivity contribution in [3.05, 3.63) is 11.1 Å². The minimum absolute atomic E-state index is 0.102. The van der Waals surface area contributed by atoms with Gasteiger partial charge < -0.3 is 15.3 Å². The highest BCUT2D eigenvalue weighted by atomic mass is 32.1. The molecule has 0 saturated carbocycles. The molecule has 0 spiro atoms. The number of nitrogens with one attached hydrogen (secondary N) is 1. The number of hydrogen-bond donors (Lipinski definition) is 2. The Morgan fingerprint density at radius 3 is 2.47 bits per heavy atom. The second kappa shape index (κ2) is 5.35. The quantitative estimate of drug-likeness (QED) is 0.861. The van der Waals surface area contributed by atoms with E-state index in [9.17, 15) is 14.4 Å². The van der Waals surface area contributed by atoms with Gasteiger partial charge in [0.15, 0.2) is 5.13 Å². The summed E-state index contributed by atoms with van der Waals surface area (Å²) in [7, 11) is 1.40. The Labute approximate surface area is 114 Å². The smallest absolute Gasteiger partial charge is 0.329 e. The third kappa shape index (κ3) is 3.28. The lowest BCUT2D eigenvalue weighted by molar-refractivity contribution is -0.147. The minimum Gasteiger partial charge on any atom is -0.480 e. The standard InChI is InChI=1S/C11H15N3O4S/c1-6(15)12-10-13-7(5-19-10)8(16)14(4)11(2,3)9(17)18/h5H,1-4H3,(H,17,18)(H,12,13,15). The van der Waals surface area contributed by atoms with Crippen LogP contribution in [0.3, 0.4) is 0 Å². The molecule has 0 unspecified atom stereocenters. The van der Waals surface area contributed by atoms with Gasteiger partial charge in [-0.1, -0.05) is 0 Å². The van der Waals surface area contributed by atoms with Crippen LogP contribution in [0.25, 0.3) is 0 Å². The monoisotopic (exact) mass is 285 g/mol. The van der Waals surface area contributed by atoms with Crippen LogP contribution < -0.4 is 5.32 Å². The summed E-state index contributed by atoms with van der Waals surface area (Å²) in [6, 6.07) is 0. The fourth-order valence-corrected chi connectivity index (χ4v) is 1.88. The van der Waals surface area contributed by atoms with Crippen LogP contribution in [0.1, 0.15) is 31.3 Å². The maximum atomic E-state index is 12.1. The van der Waals surface area contributed by atoms with E-state index in [-0.39, 0.29) is 11.6 Å². The van der Waals surface area contributed by atoms with Gasteiger partial charge in [-0.2, -0.15) is 0 Å². The number of carbonyl (C=O) groups excluding carboxylic acids is 2. The number of carboxylic acids is 1. The van der Waals surface area contributed by atoms with Gasteiger partial charge in [0.25, 0.3) is 5.91 Å². The van der Waals surface area contributed by atoms with Gasteiger partial charge in [0, 0.05) is 19.4 Å². The summed E-state index contributed by atoms with van der Waals surface area (Å²) < 4.78 is 0. The van der Waals surface area contributed by atoms with E-state index in [0.717, 1.165) is 16.2 Å². The van der Waals surface area contributed by atoms with E-state index in [0.29, 0.717) is 5.13 Å². The Bertz CT molecular complexity index is 524. The van der Waals surface area contributed by atoms with Crippen molar-refractivity contribution >= 4 is 34.3 Å². The molecule has 0 fully saturated rings. The van der Waals surface area contributed by atoms with Crippen LogP contribution in [0, 0.1) is 0 Å². The van der Waals surface area contributed by atoms with Crippen molar-refractivity contribution in [1.29, 1.82) is 0 Å². The number of aliphatic carboxylic acids is 1. The first-order valence-corrected chi connectivity index (χ1v) is 6.29. The number of rotatable bonds is 4. The maximum absolute atomic E-state index is 12.1. The molecule has 104 valence electrons. The van der Waals surface area contributed by atoms with Gasteiger partial charge >= 0.3 is 5.97 Å². The summed E-state index contributed by atoms with van der Waals surface area (Å²) in [4.78, 5) is 39.1. The molecule has 0 aliphatic heterocycles. The number of likely N-dealkylation sites (N-methyl/N-ethyl adjacent to an activating group) is 1. The Morgan fingerprint density at radius 1 is 1.42 bits per heavy atom. The minimum atomic E-state index is -1.34. The van der Waals surface area contributed by atoms with E-state index < -0.39 is 17.4 Å². The van der Waals surface area contributed by atoms with Crippen molar-refractivity contribution < 1.29 is 19.5 Å². The maximum Gasteiger partial charge on any atom is 0.329 e. The topological polar surface area (TPSA) is 99.6 Å². The van der Waals surface area contributed by atoms with Crippen LogP contribution in [0.15, 0.2) is 5.38 Å². The van der Waals surface area contributed by atoms with Crippen molar-refractivity contribution in [2.45, 2.75) is 26.3 Å². The average molecular weight is 285 g/mol. The predicted molar refractivity (Wildman–Crippen MR) is 70.2 cm³/mol. The molecule has 2 amide bonds. The normalized spacial score (nSPS) is 10.9. The summed E-state index contributed by atoms with van der Waals surface area (Å²) in [5, 5.41) is 13.3. The van der Waals surface area contributed by atoms with Gasteiger partial charge in [0.1, 0.15) is 11.2 Å². The van der Waals surface area contributed by atoms with Crippen molar-refractivity contribution in [1.82, 2.24) is 9.88 Å². The van der Waals surface area contributed by atoms with Crippen LogP contribution >= 0.6 is 11.3 Å². The molecule has 1 aromatic rings. The van der Waals surface area contributed by atoms with Gasteiger partial charge in [-0.05, 0) is 13.8 Å². The van der Waals surface area contributed by atoms with Crippen LogP contribution in [-0.4, -0.2) is 45.4 Å². The van der Waals surface area contributed by atoms with E-state index in [2.05, 4.69) is 10.3 Å². The van der Waals surface area contributed by atoms with E-state index in [4.69, 9.17) is 5.11 Å². The van der Waals surface area contributed by atoms with Crippen LogP contribution in [-0.2, 0) is 9.59 Å². The lowest BCUT2D eigenvalue weighted by atomic mass is 10.0. The largest absolute Gasteiger partial charge is 0.480 e. The number of aromatic nitrogens is 1. The SMILES string of the molecule is CC(=O)Nc1nc(C(=O)N(C)C(C)(C)C(=O)O)cs1. The number of hydrogen-bond acceptors (Lipinski definition) is 5. The van der Waals surface area contributed by atoms with Crippen molar-refractivity contribution in [3.63, 3.8) is 0 Å². The van der Waals surface area contributed by atoms with Crippen molar-refractivity contribution in [2.75, 3.05) is 12.4 Å². The number of thiazole rings is 1. The zero-order chi connectivity index (χ0) is 14.8. The van der Waals surface area contributed by atoms with Gasteiger partial charge in [-0.3, -0.25) is 9.59 Å². The molecule has 1 aromatic heterocycles. The zero-order valence-corrected chi connectivity index (χ0v) is 11.9. The number of anilines is 1. The summed E-state index contributed by atoms with van der Waals surface area (Å²) in [5.74, 6) is -1.91. The Balaban J connectivity index is 2.92. The van der Waals surface area contributed by atoms with E-state index in [1.807, 2.05) is 0 Å². The Hall–Kier alpha value is -1.96. The van der Waals surface area contributed by atoms with Gasteiger partial charge in [-0.15, -0.1) is 11.3 Å². The number of nitrogens with zero attached hydrogens (tertiary/aromatic N) is 2. The molecule has 0 saturated heterocycles. The average Bonchev–Trinajstić information content (AvgIpc) is 2.74. The Kier molecular flexibility index (Phi) is 4.25. The molecule has 0 radical (unpaired) electrons. The molecule has 7 nitrogen and oxygen atoms in total. The highest BCUT2D eigenvalue weighted by Gasteiger charge is 2.36. The predicted octanol–water partition coefficient (Wildman–Crippen LogP) is 1.04. The van der Waals surface area contributed by atoms with E-state index in [1.165, 1.54) is 33.2 Å². The molecule has 0 atom stereocenters. The number of amides is 2. The molecule has 19 heavy (non-hydrogen) atoms. The molecule has 8 heteroatoms. The van der Waals surface area contributed by atoms with Crippen molar-refractivity contribution in [2.24, 2.45) is 0 Å². The fraction of sp³-hybridized carbons (Fsp3) is 0.455. The molecular formula is C11H15N3O4S. The van der Waals surface area contributed by atoms with Gasteiger partial charge in [0.05, 0.1) is 0 Å². The lowest BCUT2D eigenvalue weighted by Crippen LogP contribution is -2.50. The van der Waals surface area contributed by atoms with Crippen molar-refractivity contribution in [3.8, 4) is 0 Å². The highest BCUT2D eigenvalue weighted by molar-refractivity contribution is 7.14. The first-order valence-electron chi connectivity index (χ1n) is 5.41. The van der Waals surface area contributed by atoms with Crippen LogP contribution in [0.4, 0.5) is 5.13 Å². The van der Waals surface area contributed by atoms with Crippen LogP contribution in [0.2, 0.25) is 0 Å². The fourth-order valence-electron chi connectivity index (χ4n) is 1.15. The molecule has 0 aliphatic carbocycles. The second-order valence-electron chi connectivity index (χ2n) is 4.45. The van der Waals surface area contributed by atoms with Gasteiger partial charge in [0.2, 0.25) is 5.91 Å². The molecular weight excluding hydrogens is 270 g/mol. The lowest BCUT2D eigenvalue weighted by Gasteiger charge is -2.30. The van der Waals surface area contributed by atoms with Crippen LogP contribution in [0.5, 0.6) is 0 Å².